The normalized spacial score (nSPS) is 18.5. The molecule has 0 spiro atoms. The summed E-state index contributed by atoms with van der Waals surface area (Å²) in [5.74, 6) is 0. The monoisotopic (exact) mass is 232 g/mol. The summed E-state index contributed by atoms with van der Waals surface area (Å²) in [7, 11) is 0. The van der Waals surface area contributed by atoms with E-state index in [1.54, 1.807) is 0 Å². The lowest BCUT2D eigenvalue weighted by Gasteiger charge is -2.29. The number of likely N-dealkylation sites (tertiary alicyclic amines) is 1. The second kappa shape index (κ2) is 6.18. The van der Waals surface area contributed by atoms with Crippen LogP contribution >= 0.6 is 0 Å². The van der Waals surface area contributed by atoms with Gasteiger partial charge in [0, 0.05) is 13.1 Å². The highest BCUT2D eigenvalue weighted by Gasteiger charge is 2.15. The number of aliphatic hydroxyl groups is 1. The first-order valence-corrected chi connectivity index (χ1v) is 6.55. The number of aryl methyl sites for hydroxylation is 1. The Labute approximate surface area is 104 Å². The molecule has 1 fully saturated rings. The minimum absolute atomic E-state index is 0.0594. The van der Waals surface area contributed by atoms with E-state index in [-0.39, 0.29) is 6.10 Å². The Morgan fingerprint density at radius 3 is 2.47 bits per heavy atom. The van der Waals surface area contributed by atoms with Crippen LogP contribution in [0.1, 0.15) is 30.4 Å². The summed E-state index contributed by atoms with van der Waals surface area (Å²) < 4.78 is 0. The molecule has 93 valence electrons. The van der Waals surface area contributed by atoms with Gasteiger partial charge in [-0.05, 0) is 50.3 Å². The number of nitrogens with zero attached hydrogens (tertiary/aromatic N) is 1. The maximum absolute atomic E-state index is 9.42. The maximum atomic E-state index is 9.42. The molecule has 0 aromatic heterocycles. The molecule has 0 unspecified atom stereocenters. The van der Waals surface area contributed by atoms with Gasteiger partial charge in [-0.1, -0.05) is 24.3 Å². The highest BCUT2D eigenvalue weighted by Crippen LogP contribution is 2.11. The predicted octanol–water partition coefficient (Wildman–Crippen LogP) is 2.26. The van der Waals surface area contributed by atoms with Crippen molar-refractivity contribution in [3.05, 3.63) is 42.3 Å². The van der Waals surface area contributed by atoms with Gasteiger partial charge in [-0.15, -0.1) is 0 Å². The Hall–Kier alpha value is -0.860. The number of piperidine rings is 1. The zero-order valence-corrected chi connectivity index (χ0v) is 10.4. The smallest absolute Gasteiger partial charge is 0.0564 e. The first-order chi connectivity index (χ1) is 8.24. The SMILES string of the molecule is [CH2]c1ccc(CCCN2CCC(O)CC2)cc1. The van der Waals surface area contributed by atoms with Crippen LogP contribution in [0, 0.1) is 6.92 Å². The molecule has 0 atom stereocenters. The summed E-state index contributed by atoms with van der Waals surface area (Å²) >= 11 is 0. The average molecular weight is 232 g/mol. The van der Waals surface area contributed by atoms with E-state index < -0.39 is 0 Å². The zero-order valence-electron chi connectivity index (χ0n) is 10.4. The van der Waals surface area contributed by atoms with Crippen molar-refractivity contribution in [1.29, 1.82) is 0 Å². The van der Waals surface area contributed by atoms with E-state index in [0.717, 1.165) is 44.5 Å². The number of aliphatic hydroxyl groups excluding tert-OH is 1. The standard InChI is InChI=1S/C15H22NO/c1-13-4-6-14(7-5-13)3-2-10-16-11-8-15(17)9-12-16/h4-7,15,17H,1-3,8-12H2. The van der Waals surface area contributed by atoms with Crippen LogP contribution in [-0.4, -0.2) is 35.7 Å². The first kappa shape index (κ1) is 12.6. The van der Waals surface area contributed by atoms with Crippen LogP contribution < -0.4 is 0 Å². The molecule has 1 heterocycles. The summed E-state index contributed by atoms with van der Waals surface area (Å²) in [6.45, 7) is 7.15. The molecule has 1 aliphatic heterocycles. The number of hydrogen-bond donors (Lipinski definition) is 1. The zero-order chi connectivity index (χ0) is 12.1. The third-order valence-electron chi connectivity index (χ3n) is 3.52. The molecule has 1 aromatic carbocycles. The molecule has 0 saturated carbocycles. The van der Waals surface area contributed by atoms with E-state index in [1.807, 2.05) is 0 Å². The van der Waals surface area contributed by atoms with Crippen molar-refractivity contribution < 1.29 is 5.11 Å². The molecule has 1 saturated heterocycles. The lowest BCUT2D eigenvalue weighted by molar-refractivity contribution is 0.0821. The van der Waals surface area contributed by atoms with E-state index >= 15 is 0 Å². The van der Waals surface area contributed by atoms with Crippen LogP contribution in [-0.2, 0) is 6.42 Å². The molecule has 1 aliphatic rings. The first-order valence-electron chi connectivity index (χ1n) is 6.55. The molecular formula is C15H22NO. The molecule has 2 nitrogen and oxygen atoms in total. The number of rotatable bonds is 4. The van der Waals surface area contributed by atoms with Gasteiger partial charge in [0.25, 0.3) is 0 Å². The highest BCUT2D eigenvalue weighted by molar-refractivity contribution is 5.24. The van der Waals surface area contributed by atoms with Crippen molar-refractivity contribution in [3.63, 3.8) is 0 Å². The topological polar surface area (TPSA) is 23.5 Å². The molecule has 17 heavy (non-hydrogen) atoms. The minimum Gasteiger partial charge on any atom is -0.393 e. The second-order valence-corrected chi connectivity index (χ2v) is 4.99. The fourth-order valence-electron chi connectivity index (χ4n) is 2.36. The van der Waals surface area contributed by atoms with Gasteiger partial charge in [0.2, 0.25) is 0 Å². The van der Waals surface area contributed by atoms with Crippen molar-refractivity contribution in [3.8, 4) is 0 Å². The van der Waals surface area contributed by atoms with Crippen molar-refractivity contribution in [1.82, 2.24) is 4.90 Å². The Morgan fingerprint density at radius 1 is 1.18 bits per heavy atom. The van der Waals surface area contributed by atoms with Gasteiger partial charge in [-0.2, -0.15) is 0 Å². The Balaban J connectivity index is 1.67. The number of benzene rings is 1. The second-order valence-electron chi connectivity index (χ2n) is 4.99. The summed E-state index contributed by atoms with van der Waals surface area (Å²) in [6.07, 6.45) is 4.16. The van der Waals surface area contributed by atoms with Crippen LogP contribution in [0.4, 0.5) is 0 Å². The van der Waals surface area contributed by atoms with Crippen molar-refractivity contribution in [2.24, 2.45) is 0 Å². The third kappa shape index (κ3) is 4.14. The molecule has 0 aliphatic carbocycles. The molecule has 0 amide bonds. The molecule has 0 bridgehead atoms. The lowest BCUT2D eigenvalue weighted by atomic mass is 10.1. The van der Waals surface area contributed by atoms with Gasteiger partial charge in [-0.3, -0.25) is 0 Å². The fraction of sp³-hybridized carbons (Fsp3) is 0.533. The average Bonchev–Trinajstić information content (AvgIpc) is 2.34. The molecule has 1 aromatic rings. The lowest BCUT2D eigenvalue weighted by Crippen LogP contribution is -2.36. The largest absolute Gasteiger partial charge is 0.393 e. The third-order valence-corrected chi connectivity index (χ3v) is 3.52. The van der Waals surface area contributed by atoms with Crippen molar-refractivity contribution >= 4 is 0 Å². The van der Waals surface area contributed by atoms with Crippen LogP contribution in [0.2, 0.25) is 0 Å². The molecular weight excluding hydrogens is 210 g/mol. The van der Waals surface area contributed by atoms with Gasteiger partial charge >= 0.3 is 0 Å². The molecule has 1 N–H and O–H groups in total. The highest BCUT2D eigenvalue weighted by atomic mass is 16.3. The van der Waals surface area contributed by atoms with E-state index in [1.165, 1.54) is 12.0 Å². The molecule has 1 radical (unpaired) electrons. The molecule has 2 heteroatoms. The Kier molecular flexibility index (Phi) is 4.57. The van der Waals surface area contributed by atoms with E-state index in [2.05, 4.69) is 36.1 Å². The van der Waals surface area contributed by atoms with E-state index in [9.17, 15) is 5.11 Å². The molecule has 2 rings (SSSR count). The van der Waals surface area contributed by atoms with Gasteiger partial charge < -0.3 is 10.0 Å². The minimum atomic E-state index is -0.0594. The van der Waals surface area contributed by atoms with Gasteiger partial charge in [0.05, 0.1) is 6.10 Å². The van der Waals surface area contributed by atoms with E-state index in [4.69, 9.17) is 0 Å². The number of hydrogen-bond acceptors (Lipinski definition) is 2. The van der Waals surface area contributed by atoms with Gasteiger partial charge in [-0.25, -0.2) is 0 Å². The van der Waals surface area contributed by atoms with E-state index in [0.29, 0.717) is 0 Å². The Morgan fingerprint density at radius 2 is 1.82 bits per heavy atom. The summed E-state index contributed by atoms with van der Waals surface area (Å²) in [6, 6.07) is 8.49. The van der Waals surface area contributed by atoms with Gasteiger partial charge in [0.15, 0.2) is 0 Å². The summed E-state index contributed by atoms with van der Waals surface area (Å²) in [4.78, 5) is 2.46. The summed E-state index contributed by atoms with van der Waals surface area (Å²) in [5, 5.41) is 9.42. The van der Waals surface area contributed by atoms with Crippen molar-refractivity contribution in [2.45, 2.75) is 31.8 Å². The van der Waals surface area contributed by atoms with Crippen LogP contribution in [0.5, 0.6) is 0 Å². The fourth-order valence-corrected chi connectivity index (χ4v) is 2.36. The quantitative estimate of drug-likeness (QED) is 0.860. The van der Waals surface area contributed by atoms with Crippen molar-refractivity contribution in [2.75, 3.05) is 19.6 Å². The van der Waals surface area contributed by atoms with Crippen LogP contribution in [0.25, 0.3) is 0 Å². The Bertz CT molecular complexity index is 325. The maximum Gasteiger partial charge on any atom is 0.0564 e. The summed E-state index contributed by atoms with van der Waals surface area (Å²) in [5.41, 5.74) is 2.48. The van der Waals surface area contributed by atoms with Gasteiger partial charge in [0.1, 0.15) is 0 Å². The van der Waals surface area contributed by atoms with Crippen LogP contribution in [0.3, 0.4) is 0 Å². The van der Waals surface area contributed by atoms with Crippen LogP contribution in [0.15, 0.2) is 24.3 Å². The predicted molar refractivity (Wildman–Crippen MR) is 70.9 cm³/mol.